The highest BCUT2D eigenvalue weighted by Gasteiger charge is 2.31. The number of methoxy groups -OCH3 is 1. The van der Waals surface area contributed by atoms with Crippen LogP contribution in [-0.2, 0) is 17.9 Å². The fourth-order valence-corrected chi connectivity index (χ4v) is 2.10. The zero-order chi connectivity index (χ0) is 11.4. The quantitative estimate of drug-likeness (QED) is 0.794. The normalized spacial score (nSPS) is 23.4. The summed E-state index contributed by atoms with van der Waals surface area (Å²) in [5.74, 6) is 1.84. The second-order valence-electron chi connectivity index (χ2n) is 4.81. The Bertz CT molecular complexity index is 337. The number of rotatable bonds is 6. The minimum absolute atomic E-state index is 0.706. The number of hydrogen-bond donors (Lipinski definition) is 1. The summed E-state index contributed by atoms with van der Waals surface area (Å²) in [5, 5.41) is 3.54. The molecule has 2 heteroatoms. The van der Waals surface area contributed by atoms with E-state index in [2.05, 4.69) is 36.5 Å². The molecule has 1 fully saturated rings. The molecule has 1 N–H and O–H groups in total. The molecule has 1 saturated carbocycles. The summed E-state index contributed by atoms with van der Waals surface area (Å²) in [5.41, 5.74) is 2.65. The summed E-state index contributed by atoms with van der Waals surface area (Å²) in [4.78, 5) is 0. The summed E-state index contributed by atoms with van der Waals surface area (Å²) in [6, 6.07) is 8.48. The Kier molecular flexibility index (Phi) is 3.97. The Hall–Kier alpha value is -0.860. The van der Waals surface area contributed by atoms with Crippen LogP contribution in [0.4, 0.5) is 0 Å². The van der Waals surface area contributed by atoms with Gasteiger partial charge in [0.15, 0.2) is 0 Å². The molecule has 2 nitrogen and oxygen atoms in total. The van der Waals surface area contributed by atoms with Crippen LogP contribution in [0.2, 0.25) is 0 Å². The van der Waals surface area contributed by atoms with Gasteiger partial charge in [0.05, 0.1) is 6.61 Å². The Balaban J connectivity index is 1.82. The van der Waals surface area contributed by atoms with Gasteiger partial charge < -0.3 is 10.1 Å². The first-order valence-electron chi connectivity index (χ1n) is 6.07. The summed E-state index contributed by atoms with van der Waals surface area (Å²) in [7, 11) is 1.75. The smallest absolute Gasteiger partial charge is 0.0716 e. The lowest BCUT2D eigenvalue weighted by atomic mass is 10.1. The lowest BCUT2D eigenvalue weighted by Crippen LogP contribution is -2.17. The number of nitrogens with one attached hydrogen (secondary N) is 1. The fourth-order valence-electron chi connectivity index (χ4n) is 2.10. The lowest BCUT2D eigenvalue weighted by molar-refractivity contribution is 0.184. The third-order valence-electron chi connectivity index (χ3n) is 3.42. The molecule has 2 rings (SSSR count). The molecule has 1 aliphatic rings. The molecule has 0 aliphatic heterocycles. The molecule has 0 radical (unpaired) electrons. The molecule has 0 bridgehead atoms. The SMILES string of the molecule is COCc1ccccc1CNCC1CC1C. The van der Waals surface area contributed by atoms with E-state index in [4.69, 9.17) is 4.74 Å². The highest BCUT2D eigenvalue weighted by Crippen LogP contribution is 2.36. The highest BCUT2D eigenvalue weighted by molar-refractivity contribution is 5.26. The van der Waals surface area contributed by atoms with E-state index < -0.39 is 0 Å². The number of ether oxygens (including phenoxy) is 1. The van der Waals surface area contributed by atoms with E-state index in [1.165, 1.54) is 17.5 Å². The second kappa shape index (κ2) is 5.46. The molecule has 2 unspecified atom stereocenters. The third kappa shape index (κ3) is 3.06. The van der Waals surface area contributed by atoms with Crippen molar-refractivity contribution in [2.24, 2.45) is 11.8 Å². The second-order valence-corrected chi connectivity index (χ2v) is 4.81. The zero-order valence-corrected chi connectivity index (χ0v) is 10.2. The standard InChI is InChI=1S/C14H21NO/c1-11-7-14(11)9-15-8-12-5-3-4-6-13(12)10-16-2/h3-6,11,14-15H,7-10H2,1-2H3. The summed E-state index contributed by atoms with van der Waals surface area (Å²) in [6.07, 6.45) is 1.40. The van der Waals surface area contributed by atoms with E-state index >= 15 is 0 Å². The third-order valence-corrected chi connectivity index (χ3v) is 3.42. The van der Waals surface area contributed by atoms with Crippen molar-refractivity contribution in [2.45, 2.75) is 26.5 Å². The van der Waals surface area contributed by atoms with E-state index in [0.29, 0.717) is 6.61 Å². The van der Waals surface area contributed by atoms with Crippen LogP contribution < -0.4 is 5.32 Å². The van der Waals surface area contributed by atoms with Gasteiger partial charge >= 0.3 is 0 Å². The van der Waals surface area contributed by atoms with Crippen molar-refractivity contribution >= 4 is 0 Å². The molecule has 0 spiro atoms. The van der Waals surface area contributed by atoms with E-state index in [1.807, 2.05) is 0 Å². The molecule has 0 saturated heterocycles. The van der Waals surface area contributed by atoms with Crippen LogP contribution >= 0.6 is 0 Å². The molecule has 0 aromatic heterocycles. The predicted octanol–water partition coefficient (Wildman–Crippen LogP) is 2.58. The van der Waals surface area contributed by atoms with Crippen LogP contribution in [-0.4, -0.2) is 13.7 Å². The van der Waals surface area contributed by atoms with Gasteiger partial charge in [0.1, 0.15) is 0 Å². The van der Waals surface area contributed by atoms with Gasteiger partial charge in [-0.05, 0) is 35.9 Å². The van der Waals surface area contributed by atoms with Crippen molar-refractivity contribution in [3.63, 3.8) is 0 Å². The lowest BCUT2D eigenvalue weighted by Gasteiger charge is -2.09. The predicted molar refractivity (Wildman–Crippen MR) is 66.1 cm³/mol. The Morgan fingerprint density at radius 3 is 2.62 bits per heavy atom. The molecule has 1 aromatic rings. The Labute approximate surface area is 98.0 Å². The van der Waals surface area contributed by atoms with Crippen LogP contribution in [0.3, 0.4) is 0 Å². The summed E-state index contributed by atoms with van der Waals surface area (Å²) in [6.45, 7) is 5.15. The first-order valence-corrected chi connectivity index (χ1v) is 6.07. The monoisotopic (exact) mass is 219 g/mol. The zero-order valence-electron chi connectivity index (χ0n) is 10.2. The van der Waals surface area contributed by atoms with E-state index in [-0.39, 0.29) is 0 Å². The van der Waals surface area contributed by atoms with Crippen molar-refractivity contribution in [3.8, 4) is 0 Å². The minimum Gasteiger partial charge on any atom is -0.380 e. The maximum Gasteiger partial charge on any atom is 0.0716 e. The average molecular weight is 219 g/mol. The summed E-state index contributed by atoms with van der Waals surface area (Å²) >= 11 is 0. The van der Waals surface area contributed by atoms with E-state index in [0.717, 1.165) is 24.9 Å². The first-order chi connectivity index (χ1) is 7.81. The molecule has 0 amide bonds. The van der Waals surface area contributed by atoms with Crippen LogP contribution in [0, 0.1) is 11.8 Å². The van der Waals surface area contributed by atoms with Gasteiger partial charge in [-0.2, -0.15) is 0 Å². The first kappa shape index (κ1) is 11.6. The Morgan fingerprint density at radius 1 is 1.31 bits per heavy atom. The van der Waals surface area contributed by atoms with Crippen molar-refractivity contribution in [1.29, 1.82) is 0 Å². The van der Waals surface area contributed by atoms with E-state index in [1.54, 1.807) is 7.11 Å². The van der Waals surface area contributed by atoms with Gasteiger partial charge in [-0.25, -0.2) is 0 Å². The Morgan fingerprint density at radius 2 is 2.00 bits per heavy atom. The summed E-state index contributed by atoms with van der Waals surface area (Å²) < 4.78 is 5.20. The van der Waals surface area contributed by atoms with Gasteiger partial charge in [0.2, 0.25) is 0 Å². The largest absolute Gasteiger partial charge is 0.380 e. The molecule has 16 heavy (non-hydrogen) atoms. The topological polar surface area (TPSA) is 21.3 Å². The highest BCUT2D eigenvalue weighted by atomic mass is 16.5. The van der Waals surface area contributed by atoms with Gasteiger partial charge in [0.25, 0.3) is 0 Å². The van der Waals surface area contributed by atoms with Crippen molar-refractivity contribution in [3.05, 3.63) is 35.4 Å². The molecular formula is C14H21NO. The maximum atomic E-state index is 5.20. The molecule has 1 aromatic carbocycles. The van der Waals surface area contributed by atoms with Gasteiger partial charge in [-0.15, -0.1) is 0 Å². The van der Waals surface area contributed by atoms with E-state index in [9.17, 15) is 0 Å². The van der Waals surface area contributed by atoms with Gasteiger partial charge in [-0.1, -0.05) is 31.2 Å². The van der Waals surface area contributed by atoms with Gasteiger partial charge in [-0.3, -0.25) is 0 Å². The molecule has 0 heterocycles. The fraction of sp³-hybridized carbons (Fsp3) is 0.571. The molecule has 1 aliphatic carbocycles. The van der Waals surface area contributed by atoms with Crippen molar-refractivity contribution < 1.29 is 4.74 Å². The molecule has 2 atom stereocenters. The maximum absolute atomic E-state index is 5.20. The number of benzene rings is 1. The minimum atomic E-state index is 0.706. The average Bonchev–Trinajstić information content (AvgIpc) is 2.98. The van der Waals surface area contributed by atoms with Crippen LogP contribution in [0.25, 0.3) is 0 Å². The van der Waals surface area contributed by atoms with Crippen molar-refractivity contribution in [1.82, 2.24) is 5.32 Å². The van der Waals surface area contributed by atoms with Gasteiger partial charge in [0, 0.05) is 13.7 Å². The van der Waals surface area contributed by atoms with Crippen molar-refractivity contribution in [2.75, 3.05) is 13.7 Å². The van der Waals surface area contributed by atoms with Crippen LogP contribution in [0.15, 0.2) is 24.3 Å². The number of hydrogen-bond acceptors (Lipinski definition) is 2. The molecule has 88 valence electrons. The molecular weight excluding hydrogens is 198 g/mol. The van der Waals surface area contributed by atoms with Crippen LogP contribution in [0.5, 0.6) is 0 Å². The van der Waals surface area contributed by atoms with Crippen LogP contribution in [0.1, 0.15) is 24.5 Å².